The van der Waals surface area contributed by atoms with Crippen LogP contribution >= 0.6 is 0 Å². The largest absolute Gasteiger partial charge is 0.350 e. The zero-order valence-corrected chi connectivity index (χ0v) is 20.1. The van der Waals surface area contributed by atoms with Crippen molar-refractivity contribution in [3.05, 3.63) is 76.9 Å². The number of aryl methyl sites for hydroxylation is 3. The first-order valence-corrected chi connectivity index (χ1v) is 11.7. The van der Waals surface area contributed by atoms with Crippen LogP contribution in [0.15, 0.2) is 48.5 Å². The number of hydrogen-bond donors (Lipinski definition) is 1. The highest BCUT2D eigenvalue weighted by atomic mass is 19.1. The molecule has 0 aliphatic carbocycles. The van der Waals surface area contributed by atoms with Gasteiger partial charge in [-0.3, -0.25) is 0 Å². The van der Waals surface area contributed by atoms with Crippen LogP contribution in [0.4, 0.5) is 15.0 Å². The Morgan fingerprint density at radius 1 is 0.943 bits per heavy atom. The highest BCUT2D eigenvalue weighted by Crippen LogP contribution is 2.29. The number of fused-ring (bicyclic) bond motifs is 1. The summed E-state index contributed by atoms with van der Waals surface area (Å²) in [5.41, 5.74) is 5.75. The van der Waals surface area contributed by atoms with Crippen molar-refractivity contribution in [2.24, 2.45) is 0 Å². The zero-order chi connectivity index (χ0) is 24.5. The van der Waals surface area contributed by atoms with E-state index in [1.54, 1.807) is 17.0 Å². The number of amides is 2. The molecule has 1 N–H and O–H groups in total. The summed E-state index contributed by atoms with van der Waals surface area (Å²) >= 11 is 0. The van der Waals surface area contributed by atoms with Crippen molar-refractivity contribution in [2.45, 2.75) is 27.3 Å². The van der Waals surface area contributed by atoms with Crippen molar-refractivity contribution in [3.8, 4) is 5.69 Å². The number of hydrogen-bond acceptors (Lipinski definition) is 5. The molecule has 5 rings (SSSR count). The Hall–Kier alpha value is -4.01. The van der Waals surface area contributed by atoms with Gasteiger partial charge in [-0.25, -0.2) is 13.9 Å². The molecular formula is C26H28FN7O. The highest BCUT2D eigenvalue weighted by Gasteiger charge is 2.26. The first-order valence-electron chi connectivity index (χ1n) is 11.7. The normalized spacial score (nSPS) is 13.9. The van der Waals surface area contributed by atoms with Gasteiger partial charge < -0.3 is 15.1 Å². The molecule has 4 aromatic rings. The van der Waals surface area contributed by atoms with E-state index in [4.69, 9.17) is 5.10 Å². The molecule has 0 saturated carbocycles. The number of aromatic nitrogens is 4. The fraction of sp³-hybridized carbons (Fsp3) is 0.308. The number of carbonyl (C=O) groups is 1. The predicted molar refractivity (Wildman–Crippen MR) is 133 cm³/mol. The summed E-state index contributed by atoms with van der Waals surface area (Å²) in [7, 11) is 0. The fourth-order valence-electron chi connectivity index (χ4n) is 4.48. The van der Waals surface area contributed by atoms with Crippen LogP contribution in [0.2, 0.25) is 0 Å². The van der Waals surface area contributed by atoms with Crippen molar-refractivity contribution >= 4 is 22.8 Å². The van der Waals surface area contributed by atoms with Crippen molar-refractivity contribution in [1.82, 2.24) is 30.2 Å². The molecule has 8 nitrogen and oxygen atoms in total. The summed E-state index contributed by atoms with van der Waals surface area (Å²) in [6.07, 6.45) is 0. The molecule has 0 spiro atoms. The molecule has 2 amide bonds. The van der Waals surface area contributed by atoms with Crippen LogP contribution in [0.1, 0.15) is 22.5 Å². The minimum Gasteiger partial charge on any atom is -0.350 e. The van der Waals surface area contributed by atoms with Gasteiger partial charge in [0.05, 0.1) is 22.5 Å². The van der Waals surface area contributed by atoms with Gasteiger partial charge in [0.1, 0.15) is 11.3 Å². The molecule has 35 heavy (non-hydrogen) atoms. The standard InChI is InChI=1S/C26H28FN7O/c1-17-4-10-22(11-5-17)34-19(3)23-18(2)29-30-25(24(23)31-34)32-12-14-33(15-13-32)26(35)28-16-20-6-8-21(27)9-7-20/h4-11H,12-16H2,1-3H3,(H,28,35). The molecule has 0 atom stereocenters. The molecule has 180 valence electrons. The van der Waals surface area contributed by atoms with E-state index in [-0.39, 0.29) is 11.8 Å². The molecule has 1 aliphatic rings. The fourth-order valence-corrected chi connectivity index (χ4v) is 4.48. The van der Waals surface area contributed by atoms with E-state index in [1.165, 1.54) is 17.7 Å². The summed E-state index contributed by atoms with van der Waals surface area (Å²) in [4.78, 5) is 16.6. The lowest BCUT2D eigenvalue weighted by molar-refractivity contribution is 0.194. The second-order valence-corrected chi connectivity index (χ2v) is 8.92. The Morgan fingerprint density at radius 2 is 1.63 bits per heavy atom. The van der Waals surface area contributed by atoms with E-state index in [0.717, 1.165) is 39.4 Å². The van der Waals surface area contributed by atoms with Crippen LogP contribution in [0, 0.1) is 26.6 Å². The van der Waals surface area contributed by atoms with E-state index < -0.39 is 0 Å². The Bertz CT molecular complexity index is 1360. The lowest BCUT2D eigenvalue weighted by Crippen LogP contribution is -2.52. The maximum absolute atomic E-state index is 13.1. The Morgan fingerprint density at radius 3 is 2.31 bits per heavy atom. The molecule has 1 saturated heterocycles. The van der Waals surface area contributed by atoms with Crippen LogP contribution < -0.4 is 10.2 Å². The van der Waals surface area contributed by atoms with Crippen LogP contribution in [0.5, 0.6) is 0 Å². The smallest absolute Gasteiger partial charge is 0.317 e. The molecule has 1 aliphatic heterocycles. The minimum absolute atomic E-state index is 0.131. The molecule has 0 unspecified atom stereocenters. The average Bonchev–Trinajstić information content (AvgIpc) is 3.22. The second kappa shape index (κ2) is 9.32. The molecule has 2 aromatic heterocycles. The lowest BCUT2D eigenvalue weighted by atomic mass is 10.2. The number of anilines is 1. The number of nitrogens with zero attached hydrogens (tertiary/aromatic N) is 6. The van der Waals surface area contributed by atoms with E-state index in [2.05, 4.69) is 58.5 Å². The van der Waals surface area contributed by atoms with Gasteiger partial charge >= 0.3 is 6.03 Å². The third-order valence-electron chi connectivity index (χ3n) is 6.49. The van der Waals surface area contributed by atoms with Gasteiger partial charge in [-0.2, -0.15) is 10.2 Å². The van der Waals surface area contributed by atoms with Crippen molar-refractivity contribution < 1.29 is 9.18 Å². The number of carbonyl (C=O) groups excluding carboxylic acids is 1. The number of benzene rings is 2. The van der Waals surface area contributed by atoms with E-state index >= 15 is 0 Å². The van der Waals surface area contributed by atoms with E-state index in [1.807, 2.05) is 11.6 Å². The first-order chi connectivity index (χ1) is 16.9. The summed E-state index contributed by atoms with van der Waals surface area (Å²) in [6, 6.07) is 14.3. The number of halogens is 1. The third-order valence-corrected chi connectivity index (χ3v) is 6.49. The van der Waals surface area contributed by atoms with Gasteiger partial charge in [-0.1, -0.05) is 29.8 Å². The van der Waals surface area contributed by atoms with Crippen LogP contribution in [-0.4, -0.2) is 57.1 Å². The maximum atomic E-state index is 13.1. The average molecular weight is 474 g/mol. The van der Waals surface area contributed by atoms with Gasteiger partial charge in [0.15, 0.2) is 5.82 Å². The minimum atomic E-state index is -0.289. The summed E-state index contributed by atoms with van der Waals surface area (Å²) in [6.45, 7) is 8.82. The van der Waals surface area contributed by atoms with E-state index in [9.17, 15) is 9.18 Å². The van der Waals surface area contributed by atoms with E-state index in [0.29, 0.717) is 32.7 Å². The van der Waals surface area contributed by atoms with Gasteiger partial charge in [0.2, 0.25) is 0 Å². The molecule has 1 fully saturated rings. The molecule has 0 bridgehead atoms. The maximum Gasteiger partial charge on any atom is 0.317 e. The molecular weight excluding hydrogens is 445 g/mol. The Kier molecular flexibility index (Phi) is 6.07. The monoisotopic (exact) mass is 473 g/mol. The van der Waals surface area contributed by atoms with Crippen LogP contribution in [0.25, 0.3) is 16.6 Å². The predicted octanol–water partition coefficient (Wildman–Crippen LogP) is 3.91. The third kappa shape index (κ3) is 4.53. The first kappa shape index (κ1) is 22.8. The zero-order valence-electron chi connectivity index (χ0n) is 20.1. The van der Waals surface area contributed by atoms with Gasteiger partial charge in [0.25, 0.3) is 0 Å². The quantitative estimate of drug-likeness (QED) is 0.486. The molecule has 3 heterocycles. The number of rotatable bonds is 4. The van der Waals surface area contributed by atoms with Crippen molar-refractivity contribution in [3.63, 3.8) is 0 Å². The second-order valence-electron chi connectivity index (χ2n) is 8.92. The summed E-state index contributed by atoms with van der Waals surface area (Å²) in [5.74, 6) is 0.453. The topological polar surface area (TPSA) is 79.2 Å². The highest BCUT2D eigenvalue weighted by molar-refractivity contribution is 5.92. The summed E-state index contributed by atoms with van der Waals surface area (Å²) in [5, 5.41) is 17.8. The van der Waals surface area contributed by atoms with Gasteiger partial charge in [-0.15, -0.1) is 5.10 Å². The lowest BCUT2D eigenvalue weighted by Gasteiger charge is -2.35. The molecule has 0 radical (unpaired) electrons. The Balaban J connectivity index is 1.31. The molecule has 9 heteroatoms. The number of piperazine rings is 1. The van der Waals surface area contributed by atoms with Crippen molar-refractivity contribution in [1.29, 1.82) is 0 Å². The number of nitrogens with one attached hydrogen (secondary N) is 1. The van der Waals surface area contributed by atoms with Gasteiger partial charge in [0, 0.05) is 32.7 Å². The number of urea groups is 1. The summed E-state index contributed by atoms with van der Waals surface area (Å²) < 4.78 is 15.0. The van der Waals surface area contributed by atoms with Gasteiger partial charge in [-0.05, 0) is 50.6 Å². The van der Waals surface area contributed by atoms with Crippen LogP contribution in [-0.2, 0) is 6.54 Å². The van der Waals surface area contributed by atoms with Crippen LogP contribution in [0.3, 0.4) is 0 Å². The SMILES string of the molecule is Cc1ccc(-n2nc3c(N4CCN(C(=O)NCc5ccc(F)cc5)CC4)nnc(C)c3c2C)cc1. The van der Waals surface area contributed by atoms with Crippen molar-refractivity contribution in [2.75, 3.05) is 31.1 Å². The Labute approximate surface area is 203 Å². The molecule has 2 aromatic carbocycles.